The summed E-state index contributed by atoms with van der Waals surface area (Å²) < 4.78 is 34.8. The third-order valence-electron chi connectivity index (χ3n) is 5.61. The van der Waals surface area contributed by atoms with Gasteiger partial charge in [-0.25, -0.2) is 8.42 Å². The number of hydrogen-bond donors (Lipinski definition) is 1. The zero-order valence-electron chi connectivity index (χ0n) is 19.9. The molecule has 1 atom stereocenters. The molecule has 8 nitrogen and oxygen atoms in total. The van der Waals surface area contributed by atoms with Crippen molar-refractivity contribution in [1.82, 2.24) is 10.2 Å². The monoisotopic (exact) mass is 488 g/mol. The summed E-state index contributed by atoms with van der Waals surface area (Å²) in [6.07, 6.45) is 1.72. The highest BCUT2D eigenvalue weighted by atomic mass is 32.2. The van der Waals surface area contributed by atoms with Gasteiger partial charge in [0.15, 0.2) is 11.5 Å². The molecule has 1 N–H and O–H groups in total. The second-order valence-electron chi connectivity index (χ2n) is 8.21. The number of sulfone groups is 1. The van der Waals surface area contributed by atoms with Crippen LogP contribution in [0.15, 0.2) is 42.5 Å². The second-order valence-corrected chi connectivity index (χ2v) is 10.5. The van der Waals surface area contributed by atoms with Crippen molar-refractivity contribution in [2.24, 2.45) is 0 Å². The van der Waals surface area contributed by atoms with E-state index in [1.54, 1.807) is 12.1 Å². The largest absolute Gasteiger partial charge is 0.490 e. The fraction of sp³-hybridized carbons (Fsp3) is 0.440. The highest BCUT2D eigenvalue weighted by molar-refractivity contribution is 7.90. The normalized spacial score (nSPS) is 14.0. The van der Waals surface area contributed by atoms with E-state index in [1.165, 1.54) is 4.90 Å². The molecule has 9 heteroatoms. The first kappa shape index (κ1) is 25.6. The van der Waals surface area contributed by atoms with E-state index in [-0.39, 0.29) is 30.5 Å². The van der Waals surface area contributed by atoms with Gasteiger partial charge in [-0.15, -0.1) is 0 Å². The van der Waals surface area contributed by atoms with Crippen LogP contribution in [0.5, 0.6) is 11.5 Å². The lowest BCUT2D eigenvalue weighted by atomic mass is 10.1. The molecule has 0 bridgehead atoms. The van der Waals surface area contributed by atoms with Crippen LogP contribution in [-0.2, 0) is 27.6 Å². The topological polar surface area (TPSA) is 102 Å². The molecule has 184 valence electrons. The molecule has 34 heavy (non-hydrogen) atoms. The molecule has 1 heterocycles. The van der Waals surface area contributed by atoms with Gasteiger partial charge in [-0.3, -0.25) is 9.59 Å². The van der Waals surface area contributed by atoms with Crippen molar-refractivity contribution in [2.75, 3.05) is 31.8 Å². The van der Waals surface area contributed by atoms with Crippen molar-refractivity contribution >= 4 is 21.7 Å². The second kappa shape index (κ2) is 11.4. The van der Waals surface area contributed by atoms with Crippen LogP contribution >= 0.6 is 0 Å². The molecule has 2 aromatic carbocycles. The van der Waals surface area contributed by atoms with Gasteiger partial charge >= 0.3 is 0 Å². The summed E-state index contributed by atoms with van der Waals surface area (Å²) in [5.41, 5.74) is 2.35. The molecular formula is C25H32N2O6S. The zero-order valence-corrected chi connectivity index (χ0v) is 20.7. The minimum atomic E-state index is -3.29. The molecular weight excluding hydrogens is 456 g/mol. The number of ether oxygens (including phenoxy) is 2. The van der Waals surface area contributed by atoms with Crippen LogP contribution < -0.4 is 14.8 Å². The minimum absolute atomic E-state index is 0.0436. The van der Waals surface area contributed by atoms with Gasteiger partial charge in [-0.2, -0.15) is 0 Å². The van der Waals surface area contributed by atoms with Gasteiger partial charge in [-0.1, -0.05) is 24.3 Å². The van der Waals surface area contributed by atoms with Crippen LogP contribution in [-0.4, -0.2) is 62.9 Å². The number of nitrogens with zero attached hydrogens (tertiary/aromatic N) is 1. The average Bonchev–Trinajstić information content (AvgIpc) is 3.11. The fourth-order valence-electron chi connectivity index (χ4n) is 3.98. The number of fused-ring (bicyclic) bond motifs is 1. The molecule has 1 aliphatic rings. The Labute approximate surface area is 201 Å². The SMILES string of the molecule is CCOc1ccc(CCNC(=O)C(CCS(C)(=O)=O)N2Cc3ccccc3C2=O)cc1OCC. The number of nitrogens with one attached hydrogen (secondary N) is 1. The zero-order chi connectivity index (χ0) is 24.7. The summed E-state index contributed by atoms with van der Waals surface area (Å²) >= 11 is 0. The van der Waals surface area contributed by atoms with Gasteiger partial charge < -0.3 is 19.7 Å². The highest BCUT2D eigenvalue weighted by Crippen LogP contribution is 2.29. The summed E-state index contributed by atoms with van der Waals surface area (Å²) in [6, 6.07) is 12.0. The molecule has 0 radical (unpaired) electrons. The van der Waals surface area contributed by atoms with E-state index in [1.807, 2.05) is 44.2 Å². The first-order valence-corrected chi connectivity index (χ1v) is 13.5. The maximum Gasteiger partial charge on any atom is 0.255 e. The van der Waals surface area contributed by atoms with Crippen LogP contribution in [0, 0.1) is 0 Å². The van der Waals surface area contributed by atoms with E-state index in [0.29, 0.717) is 43.2 Å². The average molecular weight is 489 g/mol. The Bertz CT molecular complexity index is 1130. The number of benzene rings is 2. The lowest BCUT2D eigenvalue weighted by Crippen LogP contribution is -2.48. The molecule has 0 saturated carbocycles. The van der Waals surface area contributed by atoms with Crippen LogP contribution in [0.3, 0.4) is 0 Å². The number of amides is 2. The van der Waals surface area contributed by atoms with Gasteiger partial charge in [0, 0.05) is 24.9 Å². The maximum atomic E-state index is 13.1. The summed E-state index contributed by atoms with van der Waals surface area (Å²) in [7, 11) is -3.29. The number of hydrogen-bond acceptors (Lipinski definition) is 6. The van der Waals surface area contributed by atoms with Gasteiger partial charge in [-0.05, 0) is 56.0 Å². The predicted molar refractivity (Wildman–Crippen MR) is 130 cm³/mol. The lowest BCUT2D eigenvalue weighted by Gasteiger charge is -2.27. The maximum absolute atomic E-state index is 13.1. The molecule has 2 amide bonds. The van der Waals surface area contributed by atoms with Crippen LogP contribution in [0.25, 0.3) is 0 Å². The van der Waals surface area contributed by atoms with Gasteiger partial charge in [0.1, 0.15) is 15.9 Å². The van der Waals surface area contributed by atoms with E-state index in [0.717, 1.165) is 17.4 Å². The highest BCUT2D eigenvalue weighted by Gasteiger charge is 2.36. The Morgan fingerprint density at radius 1 is 1.09 bits per heavy atom. The summed E-state index contributed by atoms with van der Waals surface area (Å²) in [5, 5.41) is 2.88. The number of carbonyl (C=O) groups is 2. The Kier molecular flexibility index (Phi) is 8.55. The van der Waals surface area contributed by atoms with Gasteiger partial charge in [0.25, 0.3) is 5.91 Å². The molecule has 0 saturated heterocycles. The molecule has 3 rings (SSSR count). The van der Waals surface area contributed by atoms with Gasteiger partial charge in [0.2, 0.25) is 5.91 Å². The molecule has 1 aliphatic heterocycles. The smallest absolute Gasteiger partial charge is 0.255 e. The molecule has 0 spiro atoms. The van der Waals surface area contributed by atoms with Crippen LogP contribution in [0.1, 0.15) is 41.8 Å². The first-order valence-electron chi connectivity index (χ1n) is 11.5. The van der Waals surface area contributed by atoms with Crippen LogP contribution in [0.2, 0.25) is 0 Å². The molecule has 2 aromatic rings. The van der Waals surface area contributed by atoms with E-state index in [4.69, 9.17) is 9.47 Å². The molecule has 0 fully saturated rings. The van der Waals surface area contributed by atoms with Crippen molar-refractivity contribution in [3.8, 4) is 11.5 Å². The fourth-order valence-corrected chi connectivity index (χ4v) is 4.63. The molecule has 0 aromatic heterocycles. The van der Waals surface area contributed by atoms with E-state index in [9.17, 15) is 18.0 Å². The Hall–Kier alpha value is -3.07. The summed E-state index contributed by atoms with van der Waals surface area (Å²) in [4.78, 5) is 27.5. The van der Waals surface area contributed by atoms with Crippen LogP contribution in [0.4, 0.5) is 0 Å². The summed E-state index contributed by atoms with van der Waals surface area (Å²) in [6.45, 7) is 5.47. The Morgan fingerprint density at radius 3 is 2.47 bits per heavy atom. The molecule has 1 unspecified atom stereocenters. The Balaban J connectivity index is 1.68. The standard InChI is InChI=1S/C25H32N2O6S/c1-4-32-22-11-10-18(16-23(22)33-5-2)12-14-26-24(28)21(13-15-34(3,30)31)27-17-19-8-6-7-9-20(19)25(27)29/h6-11,16,21H,4-5,12-15,17H2,1-3H3,(H,26,28). The summed E-state index contributed by atoms with van der Waals surface area (Å²) in [5.74, 6) is 0.532. The first-order chi connectivity index (χ1) is 16.2. The van der Waals surface area contributed by atoms with Gasteiger partial charge in [0.05, 0.1) is 19.0 Å². The lowest BCUT2D eigenvalue weighted by molar-refractivity contribution is -0.125. The van der Waals surface area contributed by atoms with Crippen molar-refractivity contribution in [2.45, 2.75) is 39.3 Å². The quantitative estimate of drug-likeness (QED) is 0.493. The van der Waals surface area contributed by atoms with E-state index >= 15 is 0 Å². The number of rotatable bonds is 12. The van der Waals surface area contributed by atoms with Crippen molar-refractivity contribution in [3.05, 3.63) is 59.2 Å². The number of carbonyl (C=O) groups excluding carboxylic acids is 2. The Morgan fingerprint density at radius 2 is 1.79 bits per heavy atom. The minimum Gasteiger partial charge on any atom is -0.490 e. The predicted octanol–water partition coefficient (Wildman–Crippen LogP) is 2.60. The molecule has 0 aliphatic carbocycles. The van der Waals surface area contributed by atoms with E-state index < -0.39 is 15.9 Å². The van der Waals surface area contributed by atoms with Crippen molar-refractivity contribution in [1.29, 1.82) is 0 Å². The third kappa shape index (κ3) is 6.50. The van der Waals surface area contributed by atoms with Crippen molar-refractivity contribution in [3.63, 3.8) is 0 Å². The van der Waals surface area contributed by atoms with E-state index in [2.05, 4.69) is 5.32 Å². The third-order valence-corrected chi connectivity index (χ3v) is 6.59. The van der Waals surface area contributed by atoms with Crippen molar-refractivity contribution < 1.29 is 27.5 Å².